The molecule has 0 bridgehead atoms. The fourth-order valence-electron chi connectivity index (χ4n) is 2.87. The number of carbonyl (C=O) groups is 1. The van der Waals surface area contributed by atoms with Crippen molar-refractivity contribution in [2.24, 2.45) is 0 Å². The van der Waals surface area contributed by atoms with E-state index in [1.807, 2.05) is 32.0 Å². The van der Waals surface area contributed by atoms with Crippen molar-refractivity contribution >= 4 is 34.0 Å². The lowest BCUT2D eigenvalue weighted by Crippen LogP contribution is -2.11. The van der Waals surface area contributed by atoms with Crippen molar-refractivity contribution in [3.8, 4) is 0 Å². The Morgan fingerprint density at radius 2 is 1.68 bits per heavy atom. The number of nitrogens with zero attached hydrogens (tertiary/aromatic N) is 4. The molecule has 0 aliphatic heterocycles. The van der Waals surface area contributed by atoms with E-state index in [0.717, 1.165) is 34.9 Å². The summed E-state index contributed by atoms with van der Waals surface area (Å²) in [6.07, 6.45) is 2.02. The van der Waals surface area contributed by atoms with Crippen LogP contribution in [0, 0.1) is 13.8 Å². The Hall–Kier alpha value is -2.87. The zero-order valence-corrected chi connectivity index (χ0v) is 17.3. The van der Waals surface area contributed by atoms with Gasteiger partial charge < -0.3 is 5.32 Å². The maximum Gasteiger partial charge on any atom is 0.257 e. The molecule has 8 heteroatoms. The predicted octanol–water partition coefficient (Wildman–Crippen LogP) is 4.84. The number of hydrogen-bond donors (Lipinski definition) is 2. The quantitative estimate of drug-likeness (QED) is 0.593. The molecule has 0 atom stereocenters. The van der Waals surface area contributed by atoms with Gasteiger partial charge in [0.15, 0.2) is 0 Å². The van der Waals surface area contributed by atoms with E-state index in [-0.39, 0.29) is 5.91 Å². The molecule has 2 N–H and O–H groups in total. The van der Waals surface area contributed by atoms with Crippen LogP contribution in [-0.4, -0.2) is 26.1 Å². The van der Waals surface area contributed by atoms with E-state index in [0.29, 0.717) is 22.6 Å². The summed E-state index contributed by atoms with van der Waals surface area (Å²) in [4.78, 5) is 21.2. The average molecular weight is 397 g/mol. The first-order chi connectivity index (χ1) is 13.5. The molecule has 7 nitrogen and oxygen atoms in total. The van der Waals surface area contributed by atoms with Crippen molar-refractivity contribution in [2.45, 2.75) is 46.5 Å². The normalized spacial score (nSPS) is 10.9. The summed E-state index contributed by atoms with van der Waals surface area (Å²) in [6, 6.07) is 9.07. The van der Waals surface area contributed by atoms with Gasteiger partial charge >= 0.3 is 0 Å². The van der Waals surface area contributed by atoms with Gasteiger partial charge in [-0.25, -0.2) is 9.97 Å². The lowest BCUT2D eigenvalue weighted by Gasteiger charge is -2.07. The van der Waals surface area contributed by atoms with Gasteiger partial charge in [-0.3, -0.25) is 10.1 Å². The molecule has 28 heavy (non-hydrogen) atoms. The minimum Gasteiger partial charge on any atom is -0.324 e. The first-order valence-electron chi connectivity index (χ1n) is 9.32. The molecule has 146 valence electrons. The summed E-state index contributed by atoms with van der Waals surface area (Å²) >= 11 is 1.44. The van der Waals surface area contributed by atoms with Crippen LogP contribution in [0.1, 0.15) is 59.4 Å². The van der Waals surface area contributed by atoms with Crippen LogP contribution in [0.15, 0.2) is 30.3 Å². The minimum absolute atomic E-state index is 0.207. The SMILES string of the molecule is CCC(CC)c1nnc(NC(=O)c2ccc(Nc3nc(C)cc(C)n3)cc2)s1. The Bertz CT molecular complexity index is 929. The van der Waals surface area contributed by atoms with E-state index < -0.39 is 0 Å². The molecule has 0 saturated heterocycles. The molecule has 0 radical (unpaired) electrons. The number of carbonyl (C=O) groups excluding carboxylic acids is 1. The highest BCUT2D eigenvalue weighted by atomic mass is 32.1. The van der Waals surface area contributed by atoms with Gasteiger partial charge in [-0.15, -0.1) is 10.2 Å². The van der Waals surface area contributed by atoms with E-state index in [1.54, 1.807) is 12.1 Å². The Kier molecular flexibility index (Phi) is 6.30. The van der Waals surface area contributed by atoms with E-state index in [4.69, 9.17) is 0 Å². The van der Waals surface area contributed by atoms with Gasteiger partial charge in [0.05, 0.1) is 0 Å². The highest BCUT2D eigenvalue weighted by Gasteiger charge is 2.15. The molecular weight excluding hydrogens is 372 g/mol. The topological polar surface area (TPSA) is 92.7 Å². The zero-order valence-electron chi connectivity index (χ0n) is 16.5. The Balaban J connectivity index is 1.65. The lowest BCUT2D eigenvalue weighted by atomic mass is 10.1. The highest BCUT2D eigenvalue weighted by molar-refractivity contribution is 7.15. The number of hydrogen-bond acceptors (Lipinski definition) is 7. The number of nitrogens with one attached hydrogen (secondary N) is 2. The molecule has 2 aromatic heterocycles. The third-order valence-electron chi connectivity index (χ3n) is 4.38. The molecular formula is C20H24N6OS. The zero-order chi connectivity index (χ0) is 20.1. The summed E-state index contributed by atoms with van der Waals surface area (Å²) < 4.78 is 0. The van der Waals surface area contributed by atoms with Crippen molar-refractivity contribution in [2.75, 3.05) is 10.6 Å². The van der Waals surface area contributed by atoms with Crippen molar-refractivity contribution in [3.05, 3.63) is 52.3 Å². The van der Waals surface area contributed by atoms with E-state index in [2.05, 4.69) is 44.6 Å². The van der Waals surface area contributed by atoms with Gasteiger partial charge in [0, 0.05) is 28.6 Å². The number of amides is 1. The van der Waals surface area contributed by atoms with Crippen molar-refractivity contribution < 1.29 is 4.79 Å². The second kappa shape index (κ2) is 8.88. The fourth-order valence-corrected chi connectivity index (χ4v) is 3.88. The van der Waals surface area contributed by atoms with Crippen LogP contribution in [0.4, 0.5) is 16.8 Å². The first-order valence-corrected chi connectivity index (χ1v) is 10.1. The molecule has 0 aliphatic carbocycles. The van der Waals surface area contributed by atoms with E-state index in [1.165, 1.54) is 11.3 Å². The molecule has 0 saturated carbocycles. The van der Waals surface area contributed by atoms with Crippen LogP contribution in [0.2, 0.25) is 0 Å². The molecule has 1 aromatic carbocycles. The summed E-state index contributed by atoms with van der Waals surface area (Å²) in [7, 11) is 0. The van der Waals surface area contributed by atoms with Crippen molar-refractivity contribution in [3.63, 3.8) is 0 Å². The van der Waals surface area contributed by atoms with Crippen LogP contribution in [0.5, 0.6) is 0 Å². The van der Waals surface area contributed by atoms with Gasteiger partial charge in [0.1, 0.15) is 5.01 Å². The molecule has 0 aliphatic rings. The molecule has 3 aromatic rings. The van der Waals surface area contributed by atoms with Gasteiger partial charge in [-0.2, -0.15) is 0 Å². The van der Waals surface area contributed by atoms with Crippen molar-refractivity contribution in [1.82, 2.24) is 20.2 Å². The molecule has 0 spiro atoms. The number of aryl methyl sites for hydroxylation is 2. The Labute approximate surface area is 168 Å². The second-order valence-corrected chi connectivity index (χ2v) is 7.60. The number of rotatable bonds is 7. The lowest BCUT2D eigenvalue weighted by molar-refractivity contribution is 0.102. The fraction of sp³-hybridized carbons (Fsp3) is 0.350. The maximum atomic E-state index is 12.5. The second-order valence-electron chi connectivity index (χ2n) is 6.59. The van der Waals surface area contributed by atoms with Crippen LogP contribution < -0.4 is 10.6 Å². The molecule has 2 heterocycles. The van der Waals surface area contributed by atoms with E-state index >= 15 is 0 Å². The standard InChI is InChI=1S/C20H24N6OS/c1-5-14(6-2)18-25-26-20(28-18)24-17(27)15-7-9-16(10-8-15)23-19-21-12(3)11-13(4)22-19/h7-11,14H,5-6H2,1-4H3,(H,21,22,23)(H,24,26,27). The molecule has 0 fully saturated rings. The molecule has 1 amide bonds. The third-order valence-corrected chi connectivity index (χ3v) is 5.38. The number of benzene rings is 1. The van der Waals surface area contributed by atoms with Crippen LogP contribution in [0.25, 0.3) is 0 Å². The smallest absolute Gasteiger partial charge is 0.257 e. The van der Waals surface area contributed by atoms with Gasteiger partial charge in [-0.1, -0.05) is 25.2 Å². The highest BCUT2D eigenvalue weighted by Crippen LogP contribution is 2.28. The Morgan fingerprint density at radius 3 is 2.29 bits per heavy atom. The summed E-state index contributed by atoms with van der Waals surface area (Å²) in [6.45, 7) is 8.11. The van der Waals surface area contributed by atoms with Crippen LogP contribution in [0.3, 0.4) is 0 Å². The number of aromatic nitrogens is 4. The maximum absolute atomic E-state index is 12.5. The summed E-state index contributed by atoms with van der Waals surface area (Å²) in [5.41, 5.74) is 3.16. The van der Waals surface area contributed by atoms with Gasteiger partial charge in [0.2, 0.25) is 11.1 Å². The predicted molar refractivity (Wildman–Crippen MR) is 112 cm³/mol. The van der Waals surface area contributed by atoms with Crippen LogP contribution >= 0.6 is 11.3 Å². The molecule has 3 rings (SSSR count). The van der Waals surface area contributed by atoms with Crippen LogP contribution in [-0.2, 0) is 0 Å². The number of anilines is 3. The van der Waals surface area contributed by atoms with E-state index in [9.17, 15) is 4.79 Å². The monoisotopic (exact) mass is 396 g/mol. The van der Waals surface area contributed by atoms with Crippen molar-refractivity contribution in [1.29, 1.82) is 0 Å². The average Bonchev–Trinajstić information content (AvgIpc) is 3.10. The van der Waals surface area contributed by atoms with Gasteiger partial charge in [-0.05, 0) is 57.0 Å². The summed E-state index contributed by atoms with van der Waals surface area (Å²) in [5, 5.41) is 15.8. The Morgan fingerprint density at radius 1 is 1.04 bits per heavy atom. The largest absolute Gasteiger partial charge is 0.324 e. The van der Waals surface area contributed by atoms with Gasteiger partial charge in [0.25, 0.3) is 5.91 Å². The summed E-state index contributed by atoms with van der Waals surface area (Å²) in [5.74, 6) is 0.722. The first kappa shape index (κ1) is 19.9. The molecule has 0 unspecified atom stereocenters. The third kappa shape index (κ3) is 4.89. The minimum atomic E-state index is -0.207.